The first kappa shape index (κ1) is 43.1. The number of phenols is 2. The van der Waals surface area contributed by atoms with Crippen molar-refractivity contribution in [3.63, 3.8) is 0 Å². The van der Waals surface area contributed by atoms with Crippen LogP contribution in [0, 0.1) is 44.1 Å². The van der Waals surface area contributed by atoms with Gasteiger partial charge in [-0.05, 0) is 43.7 Å². The Morgan fingerprint density at radius 3 is 1.51 bits per heavy atom. The normalized spacial score (nSPS) is 8.36. The molecule has 0 aliphatic carbocycles. The molecule has 39 heavy (non-hydrogen) atoms. The molecule has 213 valence electrons. The van der Waals surface area contributed by atoms with Gasteiger partial charge in [0.2, 0.25) is 0 Å². The number of nitrogens with two attached hydrogens (primary N) is 1. The molecule has 0 aliphatic heterocycles. The van der Waals surface area contributed by atoms with Gasteiger partial charge in [-0.1, -0.05) is 49.9 Å². The van der Waals surface area contributed by atoms with Crippen LogP contribution in [-0.2, 0) is 4.79 Å². The molecule has 0 bridgehead atoms. The molecule has 2 amide bonds. The van der Waals surface area contributed by atoms with Gasteiger partial charge < -0.3 is 36.8 Å². The topological polar surface area (TPSA) is 182 Å². The van der Waals surface area contributed by atoms with Crippen molar-refractivity contribution in [2.75, 3.05) is 26.2 Å². The van der Waals surface area contributed by atoms with E-state index in [0.717, 1.165) is 13.0 Å². The van der Waals surface area contributed by atoms with E-state index in [9.17, 15) is 24.6 Å². The van der Waals surface area contributed by atoms with Crippen molar-refractivity contribution in [1.82, 2.24) is 10.6 Å². The Balaban J connectivity index is -0.000000227. The molecule has 0 saturated heterocycles. The Kier molecular flexibility index (Phi) is 32.7. The fourth-order valence-corrected chi connectivity index (χ4v) is 2.05. The van der Waals surface area contributed by atoms with E-state index in [0.29, 0.717) is 13.0 Å². The number of aliphatic hydroxyl groups is 1. The number of amides is 2. The first-order chi connectivity index (χ1) is 17.7. The summed E-state index contributed by atoms with van der Waals surface area (Å²) in [5.74, 6) is -2.21. The van der Waals surface area contributed by atoms with Crippen molar-refractivity contribution in [2.24, 2.45) is 5.73 Å². The van der Waals surface area contributed by atoms with Gasteiger partial charge in [-0.15, -0.1) is 19.7 Å². The molecular formula is C28H41AcN3O7. The summed E-state index contributed by atoms with van der Waals surface area (Å²) in [6.45, 7) is 11.2. The molecule has 0 saturated carbocycles. The van der Waals surface area contributed by atoms with E-state index < -0.39 is 18.4 Å². The number of hydrogen-bond donors (Lipinski definition) is 7. The third-order valence-corrected chi connectivity index (χ3v) is 3.81. The summed E-state index contributed by atoms with van der Waals surface area (Å²) in [4.78, 5) is 32.7. The number of aromatic hydroxyl groups is 2. The van der Waals surface area contributed by atoms with E-state index >= 15 is 0 Å². The first-order valence-electron chi connectivity index (χ1n) is 11.2. The number of carbonyl (C=O) groups is 3. The molecule has 0 aromatic heterocycles. The van der Waals surface area contributed by atoms with Crippen molar-refractivity contribution in [2.45, 2.75) is 20.3 Å². The predicted octanol–water partition coefficient (Wildman–Crippen LogP) is 3.23. The molecule has 2 aromatic rings. The Morgan fingerprint density at radius 2 is 1.23 bits per heavy atom. The second-order valence-electron chi connectivity index (χ2n) is 6.78. The minimum Gasteiger partial charge on any atom is -0.507 e. The number of carboxylic acid groups (broad SMARTS) is 1. The predicted molar refractivity (Wildman–Crippen MR) is 151 cm³/mol. The summed E-state index contributed by atoms with van der Waals surface area (Å²) in [6, 6.07) is 12.3. The number of benzene rings is 2. The van der Waals surface area contributed by atoms with Crippen molar-refractivity contribution in [3.05, 3.63) is 97.6 Å². The average Bonchev–Trinajstić information content (AvgIpc) is 2.88. The van der Waals surface area contributed by atoms with Crippen molar-refractivity contribution in [1.29, 1.82) is 0 Å². The zero-order valence-electron chi connectivity index (χ0n) is 21.4. The Hall–Kier alpha value is -2.97. The number of aliphatic carboxylic acids is 1. The number of para-hydroxylation sites is 2. The van der Waals surface area contributed by atoms with Gasteiger partial charge in [0.25, 0.3) is 11.8 Å². The van der Waals surface area contributed by atoms with Crippen LogP contribution in [0.15, 0.2) is 86.5 Å². The van der Waals surface area contributed by atoms with Gasteiger partial charge in [0.1, 0.15) is 18.0 Å². The molecule has 0 spiro atoms. The summed E-state index contributed by atoms with van der Waals surface area (Å²) in [5, 5.41) is 39.5. The van der Waals surface area contributed by atoms with Crippen LogP contribution < -0.4 is 16.4 Å². The summed E-state index contributed by atoms with van der Waals surface area (Å²) in [6.07, 6.45) is 6.71. The van der Waals surface area contributed by atoms with Crippen LogP contribution in [-0.4, -0.2) is 64.5 Å². The van der Waals surface area contributed by atoms with Crippen LogP contribution in [0.2, 0.25) is 0 Å². The van der Waals surface area contributed by atoms with E-state index in [1.807, 2.05) is 0 Å². The van der Waals surface area contributed by atoms with Crippen molar-refractivity contribution in [3.8, 4) is 11.5 Å². The molecular weight excluding hydrogens is 717 g/mol. The average molecular weight is 759 g/mol. The van der Waals surface area contributed by atoms with E-state index in [1.54, 1.807) is 48.6 Å². The van der Waals surface area contributed by atoms with Gasteiger partial charge in [-0.3, -0.25) is 14.4 Å². The molecule has 0 fully saturated rings. The van der Waals surface area contributed by atoms with Gasteiger partial charge in [-0.2, -0.15) is 0 Å². The Bertz CT molecular complexity index is 975. The maximum absolute atomic E-state index is 11.3. The summed E-state index contributed by atoms with van der Waals surface area (Å²) >= 11 is 0. The minimum atomic E-state index is -1.13. The second kappa shape index (κ2) is 29.6. The summed E-state index contributed by atoms with van der Waals surface area (Å²) < 4.78 is 0. The Labute approximate surface area is 266 Å². The minimum absolute atomic E-state index is 0. The van der Waals surface area contributed by atoms with Crippen LogP contribution in [0.3, 0.4) is 0 Å². The monoisotopic (exact) mass is 758 g/mol. The first-order valence-corrected chi connectivity index (χ1v) is 11.2. The summed E-state index contributed by atoms with van der Waals surface area (Å²) in [7, 11) is 0. The number of carbonyl (C=O) groups excluding carboxylic acids is 2. The zero-order chi connectivity index (χ0) is 28.5. The molecule has 2 rings (SSSR count). The standard InChI is InChI=1S/C10H11NO2.C9H9NO4.C4H9N.C4H8O.CH4.Ac/c1-2-7-11-10(13)8-5-3-4-6-9(8)12;11-7-4-2-1-3-6(7)9(14)10-5-8(12)13;2*1-2-3-4-5;;/h2-6,12H,1,7H2,(H,11,13);1-4,11H,5H2,(H,10,14)(H,12,13);2H,1,3-5H2;2,5H,1,3-4H2;1H4;. The van der Waals surface area contributed by atoms with Crippen LogP contribution >= 0.6 is 0 Å². The molecule has 8 N–H and O–H groups in total. The number of hydrogen-bond acceptors (Lipinski definition) is 7. The molecule has 0 atom stereocenters. The number of aliphatic hydroxyl groups excluding tert-OH is 1. The smallest absolute Gasteiger partial charge is 0.322 e. The van der Waals surface area contributed by atoms with Crippen molar-refractivity contribution >= 4 is 17.8 Å². The third kappa shape index (κ3) is 23.9. The molecule has 0 heterocycles. The van der Waals surface area contributed by atoms with Gasteiger partial charge >= 0.3 is 5.97 Å². The molecule has 10 nitrogen and oxygen atoms in total. The number of carboxylic acids is 1. The van der Waals surface area contributed by atoms with Crippen LogP contribution in [0.5, 0.6) is 11.5 Å². The maximum atomic E-state index is 11.3. The van der Waals surface area contributed by atoms with E-state index in [2.05, 4.69) is 30.4 Å². The van der Waals surface area contributed by atoms with Gasteiger partial charge in [0.15, 0.2) is 0 Å². The van der Waals surface area contributed by atoms with Crippen LogP contribution in [0.1, 0.15) is 41.0 Å². The molecule has 0 aliphatic rings. The second-order valence-corrected chi connectivity index (χ2v) is 6.78. The molecule has 0 unspecified atom stereocenters. The number of nitrogens with one attached hydrogen (secondary N) is 2. The van der Waals surface area contributed by atoms with Crippen LogP contribution in [0.25, 0.3) is 0 Å². The van der Waals surface area contributed by atoms with Crippen molar-refractivity contribution < 1.29 is 78.9 Å². The quantitative estimate of drug-likeness (QED) is 0.180. The molecule has 1 radical (unpaired) electrons. The Morgan fingerprint density at radius 1 is 0.795 bits per heavy atom. The SMILES string of the molecule is C.C=CCCN.C=CCCO.C=CCNC(=O)c1ccccc1O.O=C(O)CNC(=O)c1ccccc1O.[Ac]. The van der Waals surface area contributed by atoms with E-state index in [-0.39, 0.29) is 86.6 Å². The number of rotatable bonds is 10. The zero-order valence-corrected chi connectivity index (χ0v) is 26.1. The van der Waals surface area contributed by atoms with Gasteiger partial charge in [0.05, 0.1) is 11.1 Å². The van der Waals surface area contributed by atoms with Gasteiger partial charge in [-0.25, -0.2) is 0 Å². The number of phenolic OH excluding ortho intramolecular Hbond substituents is 2. The fraction of sp³-hybridized carbons (Fsp3) is 0.250. The van der Waals surface area contributed by atoms with Crippen LogP contribution in [0.4, 0.5) is 0 Å². The largest absolute Gasteiger partial charge is 0.507 e. The fourth-order valence-electron chi connectivity index (χ4n) is 2.05. The van der Waals surface area contributed by atoms with E-state index in [1.165, 1.54) is 18.2 Å². The third-order valence-electron chi connectivity index (χ3n) is 3.81. The molecule has 11 heteroatoms. The van der Waals surface area contributed by atoms with Gasteiger partial charge in [0, 0.05) is 57.2 Å². The van der Waals surface area contributed by atoms with E-state index in [4.69, 9.17) is 15.9 Å². The summed E-state index contributed by atoms with van der Waals surface area (Å²) in [5.41, 5.74) is 5.41. The molecule has 2 aromatic carbocycles. The maximum Gasteiger partial charge on any atom is 0.322 e.